The fourth-order valence-corrected chi connectivity index (χ4v) is 8.03. The molecule has 1 amide bonds. The number of aryl methyl sites for hydroxylation is 1. The number of fused-ring (bicyclic) bond motifs is 1. The second kappa shape index (κ2) is 16.0. The number of ether oxygens (including phenoxy) is 1. The van der Waals surface area contributed by atoms with Crippen LogP contribution in [0.25, 0.3) is 0 Å². The van der Waals surface area contributed by atoms with E-state index in [9.17, 15) is 19.5 Å². The van der Waals surface area contributed by atoms with Gasteiger partial charge in [-0.25, -0.2) is 14.4 Å². The van der Waals surface area contributed by atoms with Gasteiger partial charge in [0.05, 0.1) is 32.6 Å². The number of quaternary nitrogens is 1. The first-order chi connectivity index (χ1) is 22.3. The normalized spacial score (nSPS) is 24.9. The molecule has 3 N–H and O–H groups in total. The number of carbonyl (C=O) groups is 2. The van der Waals surface area contributed by atoms with Gasteiger partial charge in [0.2, 0.25) is 0 Å². The number of carboxylic acids is 1. The second-order valence-corrected chi connectivity index (χ2v) is 13.6. The molecule has 11 nitrogen and oxygen atoms in total. The van der Waals surface area contributed by atoms with Gasteiger partial charge in [0, 0.05) is 32.0 Å². The summed E-state index contributed by atoms with van der Waals surface area (Å²) in [6.07, 6.45) is 13.5. The Bertz CT molecular complexity index is 1340. The van der Waals surface area contributed by atoms with E-state index in [0.29, 0.717) is 0 Å². The highest BCUT2D eigenvalue weighted by atomic mass is 16.5. The van der Waals surface area contributed by atoms with Crippen molar-refractivity contribution < 1.29 is 23.9 Å². The largest absolute Gasteiger partial charge is 0.480 e. The number of hydrogen-bond donors (Lipinski definition) is 3. The summed E-state index contributed by atoms with van der Waals surface area (Å²) in [5.74, 6) is -1.25. The highest BCUT2D eigenvalue weighted by molar-refractivity contribution is 5.79. The van der Waals surface area contributed by atoms with Crippen molar-refractivity contribution >= 4 is 12.1 Å². The van der Waals surface area contributed by atoms with Crippen molar-refractivity contribution in [2.24, 2.45) is 0 Å². The molecule has 46 heavy (non-hydrogen) atoms. The van der Waals surface area contributed by atoms with Gasteiger partial charge in [-0.1, -0.05) is 43.2 Å². The molecule has 0 radical (unpaired) electrons. The number of hydrogen-bond acceptors (Lipinski definition) is 7. The minimum absolute atomic E-state index is 0.0223. The fourth-order valence-electron chi connectivity index (χ4n) is 8.03. The molecule has 1 aromatic heterocycles. The average molecular weight is 638 g/mol. The van der Waals surface area contributed by atoms with E-state index in [1.165, 1.54) is 69.3 Å². The summed E-state index contributed by atoms with van der Waals surface area (Å²) in [6, 6.07) is 7.80. The van der Waals surface area contributed by atoms with Crippen molar-refractivity contribution in [3.8, 4) is 0 Å². The van der Waals surface area contributed by atoms with Gasteiger partial charge in [-0.15, -0.1) is 0 Å². The summed E-state index contributed by atoms with van der Waals surface area (Å²) in [4.78, 5) is 44.5. The zero-order chi connectivity index (χ0) is 32.4. The Morgan fingerprint density at radius 2 is 1.78 bits per heavy atom. The van der Waals surface area contributed by atoms with Gasteiger partial charge in [-0.2, -0.15) is 4.98 Å². The number of carbonyl (C=O) groups excluding carboxylic acids is 1. The van der Waals surface area contributed by atoms with Crippen LogP contribution in [0.15, 0.2) is 41.3 Å². The SMILES string of the molecule is C1CCCNCC1.Cc1cn(C[C@H](NC(=O)OCc2ccccc2)C(=O)O)c(=O)nc1C12CCC[N+]1(CCCN1CCCC1)CC2. The maximum atomic E-state index is 13.2. The van der Waals surface area contributed by atoms with Crippen LogP contribution < -0.4 is 16.3 Å². The fraction of sp³-hybridized carbons (Fsp3) is 0.657. The summed E-state index contributed by atoms with van der Waals surface area (Å²) in [5.41, 5.74) is 1.97. The minimum atomic E-state index is -1.33. The Balaban J connectivity index is 0.000000527. The Labute approximate surface area is 272 Å². The van der Waals surface area contributed by atoms with Crippen LogP contribution in [-0.4, -0.2) is 94.5 Å². The molecule has 4 fully saturated rings. The number of nitrogens with one attached hydrogen (secondary N) is 2. The quantitative estimate of drug-likeness (QED) is 0.318. The maximum absolute atomic E-state index is 13.2. The minimum Gasteiger partial charge on any atom is -0.480 e. The zero-order valence-corrected chi connectivity index (χ0v) is 27.6. The molecule has 252 valence electrons. The molecule has 11 heteroatoms. The number of amides is 1. The van der Waals surface area contributed by atoms with Gasteiger partial charge in [0.15, 0.2) is 0 Å². The number of likely N-dealkylation sites (tertiary alicyclic amines) is 1. The summed E-state index contributed by atoms with van der Waals surface area (Å²) in [6.45, 7) is 11.2. The molecule has 5 heterocycles. The van der Waals surface area contributed by atoms with Crippen LogP contribution in [-0.2, 0) is 28.2 Å². The molecule has 0 spiro atoms. The number of benzene rings is 1. The third-order valence-corrected chi connectivity index (χ3v) is 10.6. The van der Waals surface area contributed by atoms with Gasteiger partial charge in [0.1, 0.15) is 23.9 Å². The van der Waals surface area contributed by atoms with Crippen LogP contribution in [0.2, 0.25) is 0 Å². The molecule has 4 saturated heterocycles. The molecule has 1 aromatic carbocycles. The third kappa shape index (κ3) is 8.16. The molecule has 2 aromatic rings. The average Bonchev–Trinajstić information content (AvgIpc) is 3.51. The lowest BCUT2D eigenvalue weighted by atomic mass is 9.76. The van der Waals surface area contributed by atoms with Crippen molar-refractivity contribution in [2.45, 2.75) is 95.9 Å². The van der Waals surface area contributed by atoms with E-state index in [1.54, 1.807) is 6.20 Å². The lowest BCUT2D eigenvalue weighted by Gasteiger charge is -2.57. The topological polar surface area (TPSA) is 126 Å². The summed E-state index contributed by atoms with van der Waals surface area (Å²) in [7, 11) is 0. The number of aliphatic carboxylic acids is 1. The predicted molar refractivity (Wildman–Crippen MR) is 176 cm³/mol. The van der Waals surface area contributed by atoms with Crippen molar-refractivity contribution in [2.75, 3.05) is 52.4 Å². The maximum Gasteiger partial charge on any atom is 0.408 e. The highest BCUT2D eigenvalue weighted by Crippen LogP contribution is 2.55. The number of alkyl carbamates (subject to hydrolysis) is 1. The van der Waals surface area contributed by atoms with Crippen molar-refractivity contribution in [3.05, 3.63) is 63.8 Å². The van der Waals surface area contributed by atoms with Gasteiger partial charge in [-0.05, 0) is 69.9 Å². The van der Waals surface area contributed by atoms with Gasteiger partial charge in [-0.3, -0.25) is 4.57 Å². The van der Waals surface area contributed by atoms with Crippen LogP contribution in [0.4, 0.5) is 4.79 Å². The first kappa shape index (κ1) is 34.1. The van der Waals surface area contributed by atoms with E-state index < -0.39 is 23.8 Å². The Kier molecular flexibility index (Phi) is 11.9. The predicted octanol–water partition coefficient (Wildman–Crippen LogP) is 3.78. The van der Waals surface area contributed by atoms with Crippen molar-refractivity contribution in [1.82, 2.24) is 25.1 Å². The van der Waals surface area contributed by atoms with Crippen molar-refractivity contribution in [1.29, 1.82) is 0 Å². The molecule has 4 aliphatic rings. The standard InChI is InChI=1S/C29H39N5O5.C6H13N/c1-22-19-33(20-24(26(35)36)30-28(38)39-21-23-9-3-2-4-10-23)27(37)31-25(22)29-11-7-16-34(29,18-12-29)17-8-15-32-13-5-6-14-32;1-2-4-6-7-5-3-1/h2-4,9-10,19,24H,5-8,11-18,20-21H2,1H3,(H-,30,35,36,38);7H,1-6H2/p+1/t24-,29?,34?;/m0./s1. The molecule has 2 unspecified atom stereocenters. The van der Waals surface area contributed by atoms with E-state index >= 15 is 0 Å². The summed E-state index contributed by atoms with van der Waals surface area (Å²) in [5, 5.41) is 15.4. The van der Waals surface area contributed by atoms with Crippen LogP contribution in [0.1, 0.15) is 81.0 Å². The Morgan fingerprint density at radius 3 is 2.46 bits per heavy atom. The van der Waals surface area contributed by atoms with Gasteiger partial charge < -0.3 is 29.9 Å². The van der Waals surface area contributed by atoms with E-state index in [1.807, 2.05) is 37.3 Å². The smallest absolute Gasteiger partial charge is 0.408 e. The Hall–Kier alpha value is -3.28. The first-order valence-electron chi connectivity index (χ1n) is 17.4. The van der Waals surface area contributed by atoms with Crippen LogP contribution in [0.5, 0.6) is 0 Å². The van der Waals surface area contributed by atoms with Crippen LogP contribution >= 0.6 is 0 Å². The van der Waals surface area contributed by atoms with E-state index in [-0.39, 0.29) is 18.7 Å². The van der Waals surface area contributed by atoms with Crippen LogP contribution in [0, 0.1) is 6.92 Å². The van der Waals surface area contributed by atoms with Gasteiger partial charge in [0.25, 0.3) is 0 Å². The number of nitrogens with zero attached hydrogens (tertiary/aromatic N) is 4. The second-order valence-electron chi connectivity index (χ2n) is 13.6. The third-order valence-electron chi connectivity index (χ3n) is 10.6. The molecule has 6 rings (SSSR count). The van der Waals surface area contributed by atoms with E-state index in [0.717, 1.165) is 73.2 Å². The molecule has 3 atom stereocenters. The number of aromatic nitrogens is 2. The van der Waals surface area contributed by atoms with E-state index in [4.69, 9.17) is 4.74 Å². The summed E-state index contributed by atoms with van der Waals surface area (Å²) >= 11 is 0. The molecule has 0 aliphatic carbocycles. The van der Waals surface area contributed by atoms with Gasteiger partial charge >= 0.3 is 17.8 Å². The van der Waals surface area contributed by atoms with Crippen LogP contribution in [0.3, 0.4) is 0 Å². The number of rotatable bonds is 11. The summed E-state index contributed by atoms with van der Waals surface area (Å²) < 4.78 is 7.49. The highest BCUT2D eigenvalue weighted by Gasteiger charge is 2.64. The molecule has 4 aliphatic heterocycles. The van der Waals surface area contributed by atoms with Crippen molar-refractivity contribution in [3.63, 3.8) is 0 Å². The Morgan fingerprint density at radius 1 is 1.04 bits per heavy atom. The lowest BCUT2D eigenvalue weighted by Crippen LogP contribution is -2.69. The molecular weight excluding hydrogens is 584 g/mol. The molecular formula is C35H53N6O5+. The zero-order valence-electron chi connectivity index (χ0n) is 27.6. The first-order valence-corrected chi connectivity index (χ1v) is 17.4. The number of carboxylic acid groups (broad SMARTS) is 1. The monoisotopic (exact) mass is 637 g/mol. The molecule has 0 saturated carbocycles. The lowest BCUT2D eigenvalue weighted by molar-refractivity contribution is -1.01. The molecule has 0 bridgehead atoms. The van der Waals surface area contributed by atoms with E-state index in [2.05, 4.69) is 20.5 Å².